The fourth-order valence-electron chi connectivity index (χ4n) is 1.44. The number of nitrogens with zero attached hydrogens (tertiary/aromatic N) is 1. The second-order valence-electron chi connectivity index (χ2n) is 3.95. The molecule has 4 heteroatoms. The maximum atomic E-state index is 5.79. The van der Waals surface area contributed by atoms with Crippen molar-refractivity contribution in [1.82, 2.24) is 4.90 Å². The molecule has 0 unspecified atom stereocenters. The summed E-state index contributed by atoms with van der Waals surface area (Å²) in [5, 5.41) is 0.731. The largest absolute Gasteiger partial charge is 0.492 e. The lowest BCUT2D eigenvalue weighted by molar-refractivity contribution is 0.172. The first-order chi connectivity index (χ1) is 8.22. The molecule has 3 nitrogen and oxygen atoms in total. The van der Waals surface area contributed by atoms with Gasteiger partial charge in [-0.25, -0.2) is 0 Å². The molecule has 0 spiro atoms. The molecular formula is C13H20ClNO2. The van der Waals surface area contributed by atoms with Crippen molar-refractivity contribution >= 4 is 11.6 Å². The van der Waals surface area contributed by atoms with E-state index in [9.17, 15) is 0 Å². The monoisotopic (exact) mass is 257 g/mol. The number of benzene rings is 1. The van der Waals surface area contributed by atoms with Crippen LogP contribution in [0.25, 0.3) is 0 Å². The van der Waals surface area contributed by atoms with Gasteiger partial charge < -0.3 is 14.4 Å². The molecule has 0 aliphatic carbocycles. The van der Waals surface area contributed by atoms with Gasteiger partial charge in [0.05, 0.1) is 0 Å². The number of hydrogen-bond acceptors (Lipinski definition) is 3. The lowest BCUT2D eigenvalue weighted by Crippen LogP contribution is -2.26. The van der Waals surface area contributed by atoms with Crippen LogP contribution >= 0.6 is 11.6 Å². The molecule has 0 heterocycles. The Morgan fingerprint density at radius 3 is 2.47 bits per heavy atom. The van der Waals surface area contributed by atoms with Crippen LogP contribution in [0.3, 0.4) is 0 Å². The van der Waals surface area contributed by atoms with Gasteiger partial charge >= 0.3 is 0 Å². The molecule has 0 aliphatic rings. The zero-order chi connectivity index (χ0) is 12.5. The van der Waals surface area contributed by atoms with Crippen LogP contribution in [-0.2, 0) is 4.74 Å². The van der Waals surface area contributed by atoms with E-state index in [1.54, 1.807) is 7.11 Å². The molecule has 0 N–H and O–H groups in total. The van der Waals surface area contributed by atoms with Crippen LogP contribution in [-0.4, -0.2) is 45.4 Å². The summed E-state index contributed by atoms with van der Waals surface area (Å²) in [6.07, 6.45) is 1.05. The SMILES string of the molecule is COCCCN(C)CCOc1ccc(Cl)cc1. The summed E-state index contributed by atoms with van der Waals surface area (Å²) in [6, 6.07) is 7.43. The van der Waals surface area contributed by atoms with Gasteiger partial charge in [-0.15, -0.1) is 0 Å². The number of likely N-dealkylation sites (N-methyl/N-ethyl adjacent to an activating group) is 1. The predicted molar refractivity (Wildman–Crippen MR) is 70.9 cm³/mol. The minimum Gasteiger partial charge on any atom is -0.492 e. The summed E-state index contributed by atoms with van der Waals surface area (Å²) >= 11 is 5.79. The molecule has 1 aromatic rings. The van der Waals surface area contributed by atoms with E-state index in [4.69, 9.17) is 21.1 Å². The molecule has 17 heavy (non-hydrogen) atoms. The van der Waals surface area contributed by atoms with Gasteiger partial charge in [0.1, 0.15) is 12.4 Å². The van der Waals surface area contributed by atoms with E-state index in [0.29, 0.717) is 6.61 Å². The molecule has 0 fully saturated rings. The summed E-state index contributed by atoms with van der Waals surface area (Å²) in [5.41, 5.74) is 0. The smallest absolute Gasteiger partial charge is 0.119 e. The van der Waals surface area contributed by atoms with Crippen molar-refractivity contribution in [1.29, 1.82) is 0 Å². The minimum absolute atomic E-state index is 0.686. The molecule has 1 rings (SSSR count). The van der Waals surface area contributed by atoms with Crippen LogP contribution in [0.2, 0.25) is 5.02 Å². The Kier molecular flexibility index (Phi) is 7.01. The van der Waals surface area contributed by atoms with E-state index in [2.05, 4.69) is 11.9 Å². The Hall–Kier alpha value is -0.770. The molecule has 0 saturated heterocycles. The Morgan fingerprint density at radius 1 is 1.12 bits per heavy atom. The van der Waals surface area contributed by atoms with Crippen LogP contribution in [0.5, 0.6) is 5.75 Å². The molecule has 0 amide bonds. The second kappa shape index (κ2) is 8.34. The summed E-state index contributed by atoms with van der Waals surface area (Å²) in [4.78, 5) is 2.23. The third kappa shape index (κ3) is 6.51. The average molecular weight is 258 g/mol. The highest BCUT2D eigenvalue weighted by Crippen LogP contribution is 2.15. The van der Waals surface area contributed by atoms with Crippen molar-refractivity contribution in [2.45, 2.75) is 6.42 Å². The van der Waals surface area contributed by atoms with Crippen molar-refractivity contribution in [2.24, 2.45) is 0 Å². The molecule has 96 valence electrons. The van der Waals surface area contributed by atoms with Crippen molar-refractivity contribution in [3.8, 4) is 5.75 Å². The van der Waals surface area contributed by atoms with E-state index >= 15 is 0 Å². The van der Waals surface area contributed by atoms with Crippen molar-refractivity contribution in [3.63, 3.8) is 0 Å². The minimum atomic E-state index is 0.686. The van der Waals surface area contributed by atoms with Crippen LogP contribution in [0.1, 0.15) is 6.42 Å². The number of halogens is 1. The zero-order valence-electron chi connectivity index (χ0n) is 10.5. The first kappa shape index (κ1) is 14.3. The highest BCUT2D eigenvalue weighted by Gasteiger charge is 1.99. The molecule has 0 aliphatic heterocycles. The molecule has 0 atom stereocenters. The molecular weight excluding hydrogens is 238 g/mol. The summed E-state index contributed by atoms with van der Waals surface area (Å²) in [5.74, 6) is 0.861. The first-order valence-corrected chi connectivity index (χ1v) is 6.16. The molecule has 0 bridgehead atoms. The first-order valence-electron chi connectivity index (χ1n) is 5.78. The second-order valence-corrected chi connectivity index (χ2v) is 4.39. The summed E-state index contributed by atoms with van der Waals surface area (Å²) in [6.45, 7) is 3.43. The van der Waals surface area contributed by atoms with Crippen LogP contribution < -0.4 is 4.74 Å². The topological polar surface area (TPSA) is 21.7 Å². The van der Waals surface area contributed by atoms with Crippen molar-refractivity contribution < 1.29 is 9.47 Å². The Bertz CT molecular complexity index is 303. The van der Waals surface area contributed by atoms with Gasteiger partial charge in [-0.3, -0.25) is 0 Å². The van der Waals surface area contributed by atoms with E-state index in [1.807, 2.05) is 24.3 Å². The lowest BCUT2D eigenvalue weighted by Gasteiger charge is -2.16. The lowest BCUT2D eigenvalue weighted by atomic mass is 10.3. The van der Waals surface area contributed by atoms with Gasteiger partial charge in [-0.2, -0.15) is 0 Å². The van der Waals surface area contributed by atoms with Gasteiger partial charge in [0.2, 0.25) is 0 Å². The maximum absolute atomic E-state index is 5.79. The summed E-state index contributed by atoms with van der Waals surface area (Å²) < 4.78 is 10.6. The van der Waals surface area contributed by atoms with Crippen molar-refractivity contribution in [2.75, 3.05) is 40.5 Å². The van der Waals surface area contributed by atoms with Crippen LogP contribution in [0.4, 0.5) is 0 Å². The fourth-order valence-corrected chi connectivity index (χ4v) is 1.57. The van der Waals surface area contributed by atoms with Gasteiger partial charge in [0.25, 0.3) is 0 Å². The van der Waals surface area contributed by atoms with Gasteiger partial charge in [-0.1, -0.05) is 11.6 Å². The van der Waals surface area contributed by atoms with Crippen LogP contribution in [0.15, 0.2) is 24.3 Å². The quantitative estimate of drug-likeness (QED) is 0.669. The predicted octanol–water partition coefficient (Wildman–Crippen LogP) is 2.69. The fraction of sp³-hybridized carbons (Fsp3) is 0.538. The van der Waals surface area contributed by atoms with Crippen LogP contribution in [0, 0.1) is 0 Å². The molecule has 1 aromatic carbocycles. The average Bonchev–Trinajstić information content (AvgIpc) is 2.32. The number of hydrogen-bond donors (Lipinski definition) is 0. The highest BCUT2D eigenvalue weighted by atomic mass is 35.5. The van der Waals surface area contributed by atoms with Gasteiger partial charge in [0, 0.05) is 31.8 Å². The number of methoxy groups -OCH3 is 1. The molecule has 0 saturated carbocycles. The summed E-state index contributed by atoms with van der Waals surface area (Å²) in [7, 11) is 3.81. The third-order valence-electron chi connectivity index (χ3n) is 2.44. The van der Waals surface area contributed by atoms with Crippen molar-refractivity contribution in [3.05, 3.63) is 29.3 Å². The Labute approximate surface area is 108 Å². The van der Waals surface area contributed by atoms with Gasteiger partial charge in [-0.05, 0) is 37.7 Å². The van der Waals surface area contributed by atoms with Gasteiger partial charge in [0.15, 0.2) is 0 Å². The van der Waals surface area contributed by atoms with E-state index in [-0.39, 0.29) is 0 Å². The normalized spacial score (nSPS) is 10.8. The standard InChI is InChI=1S/C13H20ClNO2/c1-15(8-3-10-16-2)9-11-17-13-6-4-12(14)5-7-13/h4-7H,3,8-11H2,1-2H3. The Morgan fingerprint density at radius 2 is 1.82 bits per heavy atom. The number of rotatable bonds is 8. The highest BCUT2D eigenvalue weighted by molar-refractivity contribution is 6.30. The van der Waals surface area contributed by atoms with E-state index < -0.39 is 0 Å². The zero-order valence-corrected chi connectivity index (χ0v) is 11.2. The molecule has 0 radical (unpaired) electrons. The third-order valence-corrected chi connectivity index (χ3v) is 2.70. The van der Waals surface area contributed by atoms with E-state index in [0.717, 1.165) is 36.9 Å². The maximum Gasteiger partial charge on any atom is 0.119 e. The molecule has 0 aromatic heterocycles. The number of ether oxygens (including phenoxy) is 2. The Balaban J connectivity index is 2.12. The van der Waals surface area contributed by atoms with E-state index in [1.165, 1.54) is 0 Å².